The van der Waals surface area contributed by atoms with Crippen LogP contribution in [-0.2, 0) is 10.2 Å². The fourth-order valence-electron chi connectivity index (χ4n) is 2.15. The molecular weight excluding hydrogens is 316 g/mol. The van der Waals surface area contributed by atoms with Gasteiger partial charge in [0, 0.05) is 5.69 Å². The summed E-state index contributed by atoms with van der Waals surface area (Å²) >= 11 is 0. The Kier molecular flexibility index (Phi) is 6.02. The van der Waals surface area contributed by atoms with Crippen molar-refractivity contribution in [2.45, 2.75) is 26.2 Å². The molecule has 0 aliphatic rings. The summed E-state index contributed by atoms with van der Waals surface area (Å²) in [6, 6.07) is 16.5. The maximum Gasteiger partial charge on any atom is 0.262 e. The van der Waals surface area contributed by atoms with Gasteiger partial charge in [-0.25, -0.2) is 0 Å². The number of nitrogens with zero attached hydrogens (tertiary/aromatic N) is 1. The monoisotopic (exact) mass is 338 g/mol. The summed E-state index contributed by atoms with van der Waals surface area (Å²) in [6.07, 6.45) is 0. The zero-order chi connectivity index (χ0) is 18.3. The normalized spacial score (nSPS) is 10.6. The molecule has 5 heteroatoms. The topological polar surface area (TPSA) is 71.3 Å². The van der Waals surface area contributed by atoms with Gasteiger partial charge in [0.1, 0.15) is 17.6 Å². The molecule has 0 fully saturated rings. The number of hydrogen-bond acceptors (Lipinski definition) is 4. The third kappa shape index (κ3) is 5.85. The summed E-state index contributed by atoms with van der Waals surface area (Å²) in [4.78, 5) is 12.0. The van der Waals surface area contributed by atoms with Crippen molar-refractivity contribution in [2.75, 3.05) is 18.5 Å². The van der Waals surface area contributed by atoms with Gasteiger partial charge in [-0.05, 0) is 47.4 Å². The van der Waals surface area contributed by atoms with Crippen molar-refractivity contribution in [3.05, 3.63) is 54.1 Å². The first-order chi connectivity index (χ1) is 11.9. The lowest BCUT2D eigenvalue weighted by Crippen LogP contribution is -2.20. The highest BCUT2D eigenvalue weighted by Gasteiger charge is 2.13. The molecule has 0 unspecified atom stereocenters. The Morgan fingerprint density at radius 2 is 1.56 bits per heavy atom. The zero-order valence-corrected chi connectivity index (χ0v) is 14.7. The molecule has 2 rings (SSSR count). The third-order valence-corrected chi connectivity index (χ3v) is 3.53. The van der Waals surface area contributed by atoms with E-state index in [4.69, 9.17) is 14.7 Å². The number of nitriles is 1. The van der Waals surface area contributed by atoms with Crippen LogP contribution in [0, 0.1) is 11.3 Å². The predicted molar refractivity (Wildman–Crippen MR) is 96.8 cm³/mol. The Morgan fingerprint density at radius 3 is 2.12 bits per heavy atom. The molecule has 0 heterocycles. The van der Waals surface area contributed by atoms with E-state index in [1.807, 2.05) is 30.3 Å². The number of ether oxygens (including phenoxy) is 2. The summed E-state index contributed by atoms with van der Waals surface area (Å²) in [5.74, 6) is 0.990. The van der Waals surface area contributed by atoms with Crippen molar-refractivity contribution < 1.29 is 14.3 Å². The van der Waals surface area contributed by atoms with Crippen LogP contribution in [0.3, 0.4) is 0 Å². The molecule has 2 aromatic carbocycles. The molecule has 0 saturated heterocycles. The molecule has 0 spiro atoms. The molecule has 1 N–H and O–H groups in total. The van der Waals surface area contributed by atoms with Crippen LogP contribution in [0.25, 0.3) is 0 Å². The van der Waals surface area contributed by atoms with Gasteiger partial charge in [0.25, 0.3) is 5.91 Å². The van der Waals surface area contributed by atoms with Crippen LogP contribution < -0.4 is 14.8 Å². The second-order valence-corrected chi connectivity index (χ2v) is 6.58. The van der Waals surface area contributed by atoms with Gasteiger partial charge < -0.3 is 14.8 Å². The summed E-state index contributed by atoms with van der Waals surface area (Å²) in [5.41, 5.74) is 1.93. The number of nitrogens with one attached hydrogen (secondary N) is 1. The largest absolute Gasteiger partial charge is 0.484 e. The minimum absolute atomic E-state index is 0.00640. The maximum absolute atomic E-state index is 12.0. The molecule has 1 amide bonds. The van der Waals surface area contributed by atoms with Crippen LogP contribution in [0.5, 0.6) is 11.5 Å². The first-order valence-corrected chi connectivity index (χ1v) is 8.01. The van der Waals surface area contributed by atoms with E-state index in [2.05, 4.69) is 26.1 Å². The van der Waals surface area contributed by atoms with Crippen LogP contribution in [0.4, 0.5) is 5.69 Å². The summed E-state index contributed by atoms with van der Waals surface area (Å²) in [7, 11) is 0. The Hall–Kier alpha value is -3.00. The highest BCUT2D eigenvalue weighted by atomic mass is 16.5. The van der Waals surface area contributed by atoms with Crippen LogP contribution in [0.15, 0.2) is 48.5 Å². The molecule has 2 aromatic rings. The van der Waals surface area contributed by atoms with Crippen molar-refractivity contribution >= 4 is 11.6 Å². The van der Waals surface area contributed by atoms with E-state index in [1.54, 1.807) is 24.3 Å². The molecule has 25 heavy (non-hydrogen) atoms. The highest BCUT2D eigenvalue weighted by Crippen LogP contribution is 2.24. The van der Waals surface area contributed by atoms with E-state index in [0.717, 1.165) is 0 Å². The van der Waals surface area contributed by atoms with Gasteiger partial charge in [-0.3, -0.25) is 4.79 Å². The Morgan fingerprint density at radius 1 is 1.00 bits per heavy atom. The Balaban J connectivity index is 1.83. The average Bonchev–Trinajstić information content (AvgIpc) is 2.59. The smallest absolute Gasteiger partial charge is 0.262 e. The van der Waals surface area contributed by atoms with Crippen molar-refractivity contribution in [2.24, 2.45) is 0 Å². The van der Waals surface area contributed by atoms with Gasteiger partial charge in [-0.15, -0.1) is 0 Å². The quantitative estimate of drug-likeness (QED) is 0.867. The van der Waals surface area contributed by atoms with Crippen molar-refractivity contribution in [1.29, 1.82) is 5.26 Å². The van der Waals surface area contributed by atoms with E-state index < -0.39 is 0 Å². The maximum atomic E-state index is 12.0. The van der Waals surface area contributed by atoms with E-state index in [-0.39, 0.29) is 24.5 Å². The zero-order valence-electron chi connectivity index (χ0n) is 14.7. The third-order valence-electron chi connectivity index (χ3n) is 3.53. The summed E-state index contributed by atoms with van der Waals surface area (Å²) < 4.78 is 10.7. The number of amides is 1. The van der Waals surface area contributed by atoms with E-state index in [0.29, 0.717) is 17.2 Å². The lowest BCUT2D eigenvalue weighted by atomic mass is 9.87. The molecule has 0 bridgehead atoms. The number of carbonyl (C=O) groups excluding carboxylic acids is 1. The van der Waals surface area contributed by atoms with Crippen LogP contribution in [0.1, 0.15) is 26.3 Å². The minimum atomic E-state index is -0.245. The standard InChI is InChI=1S/C20H22N2O3/c1-20(2,3)15-4-8-18(9-5-15)25-14-19(23)22-16-6-10-17(11-7-16)24-13-12-21/h4-11H,13-14H2,1-3H3,(H,22,23). The van der Waals surface area contributed by atoms with Gasteiger partial charge >= 0.3 is 0 Å². The first-order valence-electron chi connectivity index (χ1n) is 8.01. The molecule has 0 aromatic heterocycles. The molecule has 0 saturated carbocycles. The second kappa shape index (κ2) is 8.20. The molecule has 0 aliphatic carbocycles. The van der Waals surface area contributed by atoms with Gasteiger partial charge in [0.2, 0.25) is 0 Å². The SMILES string of the molecule is CC(C)(C)c1ccc(OCC(=O)Nc2ccc(OCC#N)cc2)cc1. The number of benzene rings is 2. The van der Waals surface area contributed by atoms with Crippen LogP contribution >= 0.6 is 0 Å². The van der Waals surface area contributed by atoms with E-state index >= 15 is 0 Å². The number of rotatable bonds is 6. The van der Waals surface area contributed by atoms with E-state index in [9.17, 15) is 4.79 Å². The minimum Gasteiger partial charge on any atom is -0.484 e. The Bertz CT molecular complexity index is 738. The summed E-state index contributed by atoms with van der Waals surface area (Å²) in [5, 5.41) is 11.2. The Labute approximate surface area is 148 Å². The van der Waals surface area contributed by atoms with Gasteiger partial charge in [0.15, 0.2) is 13.2 Å². The van der Waals surface area contributed by atoms with Crippen molar-refractivity contribution in [1.82, 2.24) is 0 Å². The molecule has 0 aliphatic heterocycles. The second-order valence-electron chi connectivity index (χ2n) is 6.58. The van der Waals surface area contributed by atoms with Crippen molar-refractivity contribution in [3.8, 4) is 17.6 Å². The lowest BCUT2D eigenvalue weighted by Gasteiger charge is -2.19. The van der Waals surface area contributed by atoms with Crippen LogP contribution in [-0.4, -0.2) is 19.1 Å². The van der Waals surface area contributed by atoms with Crippen LogP contribution in [0.2, 0.25) is 0 Å². The fourth-order valence-corrected chi connectivity index (χ4v) is 2.15. The average molecular weight is 338 g/mol. The molecule has 130 valence electrons. The van der Waals surface area contributed by atoms with E-state index in [1.165, 1.54) is 5.56 Å². The molecular formula is C20H22N2O3. The number of anilines is 1. The van der Waals surface area contributed by atoms with Gasteiger partial charge in [-0.1, -0.05) is 32.9 Å². The highest BCUT2D eigenvalue weighted by molar-refractivity contribution is 5.91. The first kappa shape index (κ1) is 18.3. The van der Waals surface area contributed by atoms with Crippen molar-refractivity contribution in [3.63, 3.8) is 0 Å². The summed E-state index contributed by atoms with van der Waals surface area (Å²) in [6.45, 7) is 6.36. The predicted octanol–water partition coefficient (Wildman–Crippen LogP) is 3.90. The van der Waals surface area contributed by atoms with Gasteiger partial charge in [0.05, 0.1) is 0 Å². The number of hydrogen-bond donors (Lipinski definition) is 1. The number of carbonyl (C=O) groups is 1. The molecule has 0 radical (unpaired) electrons. The molecule has 0 atom stereocenters. The molecule has 5 nitrogen and oxygen atoms in total. The van der Waals surface area contributed by atoms with Gasteiger partial charge in [-0.2, -0.15) is 5.26 Å². The fraction of sp³-hybridized carbons (Fsp3) is 0.300. The lowest BCUT2D eigenvalue weighted by molar-refractivity contribution is -0.118.